The van der Waals surface area contributed by atoms with Gasteiger partial charge in [-0.15, -0.1) is 0 Å². The Kier molecular flexibility index (Phi) is 4.73. The fraction of sp³-hybridized carbons (Fsp3) is 0.235. The Morgan fingerprint density at radius 1 is 1.30 bits per heavy atom. The molecule has 10 heteroatoms. The first-order valence-electron chi connectivity index (χ1n) is 7.75. The maximum atomic E-state index is 13.5. The van der Waals surface area contributed by atoms with Crippen LogP contribution in [0, 0.1) is 12.7 Å². The Hall–Kier alpha value is -3.17. The van der Waals surface area contributed by atoms with E-state index in [-0.39, 0.29) is 28.3 Å². The number of nitrogens with zero attached hydrogens (tertiary/aromatic N) is 3. The number of para-hydroxylation sites is 1. The third-order valence-electron chi connectivity index (χ3n) is 3.75. The van der Waals surface area contributed by atoms with Crippen molar-refractivity contribution < 1.29 is 27.1 Å². The number of amides is 1. The summed E-state index contributed by atoms with van der Waals surface area (Å²) in [4.78, 5) is 15.9. The van der Waals surface area contributed by atoms with E-state index < -0.39 is 30.1 Å². The van der Waals surface area contributed by atoms with Gasteiger partial charge in [-0.05, 0) is 19.1 Å². The van der Waals surface area contributed by atoms with E-state index in [1.165, 1.54) is 36.9 Å². The van der Waals surface area contributed by atoms with Gasteiger partial charge in [0, 0.05) is 13.1 Å². The highest BCUT2D eigenvalue weighted by Crippen LogP contribution is 2.37. The van der Waals surface area contributed by atoms with Crippen molar-refractivity contribution in [2.24, 2.45) is 7.05 Å². The SMILES string of the molecule is Cc1nn(C)c2nc(OCC(=O)Nc3ccccc3F)cc(C(F)(F)F)c12. The van der Waals surface area contributed by atoms with Crippen LogP contribution in [0.2, 0.25) is 0 Å². The van der Waals surface area contributed by atoms with Gasteiger partial charge in [-0.25, -0.2) is 4.39 Å². The van der Waals surface area contributed by atoms with Crippen molar-refractivity contribution in [3.05, 3.63) is 47.4 Å². The molecule has 27 heavy (non-hydrogen) atoms. The zero-order valence-electron chi connectivity index (χ0n) is 14.3. The molecule has 1 aromatic carbocycles. The van der Waals surface area contributed by atoms with Crippen molar-refractivity contribution in [3.8, 4) is 5.88 Å². The lowest BCUT2D eigenvalue weighted by Gasteiger charge is -2.12. The molecule has 0 atom stereocenters. The maximum Gasteiger partial charge on any atom is 0.417 e. The number of anilines is 1. The van der Waals surface area contributed by atoms with Gasteiger partial charge in [0.15, 0.2) is 12.3 Å². The number of fused-ring (bicyclic) bond motifs is 1. The number of aromatic nitrogens is 3. The van der Waals surface area contributed by atoms with Crippen molar-refractivity contribution in [1.82, 2.24) is 14.8 Å². The number of benzene rings is 1. The predicted octanol–water partition coefficient (Wildman–Crippen LogP) is 3.45. The average Bonchev–Trinajstić information content (AvgIpc) is 2.88. The van der Waals surface area contributed by atoms with Crippen LogP contribution >= 0.6 is 0 Å². The normalized spacial score (nSPS) is 11.6. The second-order valence-electron chi connectivity index (χ2n) is 5.73. The molecule has 0 fully saturated rings. The van der Waals surface area contributed by atoms with Crippen molar-refractivity contribution >= 4 is 22.6 Å². The monoisotopic (exact) mass is 382 g/mol. The minimum absolute atomic E-state index is 0.0214. The highest BCUT2D eigenvalue weighted by Gasteiger charge is 2.35. The average molecular weight is 382 g/mol. The number of ether oxygens (including phenoxy) is 1. The molecule has 0 aliphatic rings. The van der Waals surface area contributed by atoms with E-state index in [0.717, 1.165) is 6.07 Å². The minimum Gasteiger partial charge on any atom is -0.467 e. The van der Waals surface area contributed by atoms with E-state index in [0.29, 0.717) is 6.07 Å². The lowest BCUT2D eigenvalue weighted by molar-refractivity contribution is -0.136. The van der Waals surface area contributed by atoms with Gasteiger partial charge in [0.2, 0.25) is 5.88 Å². The Morgan fingerprint density at radius 2 is 2.00 bits per heavy atom. The van der Waals surface area contributed by atoms with E-state index in [1.54, 1.807) is 0 Å². The standard InChI is InChI=1S/C17H14F4N4O2/c1-9-15-10(17(19,20)21)7-14(23-16(15)25(2)24-9)27-8-13(26)22-12-6-4-3-5-11(12)18/h3-7H,8H2,1-2H3,(H,22,26). The van der Waals surface area contributed by atoms with Crippen LogP contribution in [0.25, 0.3) is 11.0 Å². The molecule has 0 spiro atoms. The Balaban J connectivity index is 1.84. The van der Waals surface area contributed by atoms with Crippen LogP contribution in [0.15, 0.2) is 30.3 Å². The zero-order valence-corrected chi connectivity index (χ0v) is 14.3. The van der Waals surface area contributed by atoms with Crippen molar-refractivity contribution in [3.63, 3.8) is 0 Å². The van der Waals surface area contributed by atoms with E-state index in [4.69, 9.17) is 4.74 Å². The molecule has 0 aliphatic carbocycles. The van der Waals surface area contributed by atoms with Crippen molar-refractivity contribution in [2.75, 3.05) is 11.9 Å². The van der Waals surface area contributed by atoms with Gasteiger partial charge < -0.3 is 10.1 Å². The summed E-state index contributed by atoms with van der Waals surface area (Å²) in [6.07, 6.45) is -4.65. The second-order valence-corrected chi connectivity index (χ2v) is 5.73. The Bertz CT molecular complexity index is 1010. The van der Waals surface area contributed by atoms with E-state index in [1.807, 2.05) is 0 Å². The molecule has 3 aromatic rings. The van der Waals surface area contributed by atoms with Crippen LogP contribution in [-0.2, 0) is 18.0 Å². The Morgan fingerprint density at radius 3 is 2.67 bits per heavy atom. The lowest BCUT2D eigenvalue weighted by atomic mass is 10.1. The number of alkyl halides is 3. The van der Waals surface area contributed by atoms with Gasteiger partial charge in [0.25, 0.3) is 5.91 Å². The number of hydrogen-bond acceptors (Lipinski definition) is 4. The number of aryl methyl sites for hydroxylation is 2. The lowest BCUT2D eigenvalue weighted by Crippen LogP contribution is -2.21. The molecule has 6 nitrogen and oxygen atoms in total. The molecule has 2 aromatic heterocycles. The summed E-state index contributed by atoms with van der Waals surface area (Å²) >= 11 is 0. The number of hydrogen-bond donors (Lipinski definition) is 1. The molecule has 0 saturated carbocycles. The zero-order chi connectivity index (χ0) is 19.8. The summed E-state index contributed by atoms with van der Waals surface area (Å²) in [5, 5.41) is 6.08. The second kappa shape index (κ2) is 6.86. The summed E-state index contributed by atoms with van der Waals surface area (Å²) < 4.78 is 59.9. The summed E-state index contributed by atoms with van der Waals surface area (Å²) in [6.45, 7) is 0.808. The van der Waals surface area contributed by atoms with E-state index >= 15 is 0 Å². The summed E-state index contributed by atoms with van der Waals surface area (Å²) in [6, 6.07) is 6.20. The molecule has 3 rings (SSSR count). The summed E-state index contributed by atoms with van der Waals surface area (Å²) in [5.74, 6) is -1.77. The van der Waals surface area contributed by atoms with Crippen LogP contribution in [0.3, 0.4) is 0 Å². The van der Waals surface area contributed by atoms with Crippen LogP contribution in [0.5, 0.6) is 5.88 Å². The quantitative estimate of drug-likeness (QED) is 0.702. The van der Waals surface area contributed by atoms with Crippen LogP contribution in [0.4, 0.5) is 23.2 Å². The fourth-order valence-electron chi connectivity index (χ4n) is 2.61. The van der Waals surface area contributed by atoms with Gasteiger partial charge in [-0.2, -0.15) is 23.3 Å². The molecular formula is C17H14F4N4O2. The number of nitrogens with one attached hydrogen (secondary N) is 1. The van der Waals surface area contributed by atoms with Crippen LogP contribution in [-0.4, -0.2) is 27.3 Å². The first-order chi connectivity index (χ1) is 12.7. The van der Waals surface area contributed by atoms with Gasteiger partial charge in [0.1, 0.15) is 5.82 Å². The predicted molar refractivity (Wildman–Crippen MR) is 88.8 cm³/mol. The smallest absolute Gasteiger partial charge is 0.417 e. The molecule has 1 amide bonds. The van der Waals surface area contributed by atoms with Gasteiger partial charge >= 0.3 is 6.18 Å². The largest absolute Gasteiger partial charge is 0.467 e. The molecule has 1 N–H and O–H groups in total. The number of pyridine rings is 1. The highest BCUT2D eigenvalue weighted by molar-refractivity contribution is 5.92. The Labute approximate surface area is 150 Å². The number of carbonyl (C=O) groups is 1. The van der Waals surface area contributed by atoms with Crippen molar-refractivity contribution in [1.29, 1.82) is 0 Å². The number of carbonyl (C=O) groups excluding carboxylic acids is 1. The minimum atomic E-state index is -4.65. The maximum absolute atomic E-state index is 13.5. The molecule has 142 valence electrons. The molecule has 0 radical (unpaired) electrons. The number of halogens is 4. The van der Waals surface area contributed by atoms with E-state index in [9.17, 15) is 22.4 Å². The summed E-state index contributed by atoms with van der Waals surface area (Å²) in [5.41, 5.74) is -0.863. The molecule has 0 unspecified atom stereocenters. The molecule has 0 saturated heterocycles. The third-order valence-corrected chi connectivity index (χ3v) is 3.75. The molecule has 0 bridgehead atoms. The highest BCUT2D eigenvalue weighted by atomic mass is 19.4. The fourth-order valence-corrected chi connectivity index (χ4v) is 2.61. The molecule has 0 aliphatic heterocycles. The van der Waals surface area contributed by atoms with Gasteiger partial charge in [-0.1, -0.05) is 12.1 Å². The van der Waals surface area contributed by atoms with Crippen molar-refractivity contribution in [2.45, 2.75) is 13.1 Å². The third kappa shape index (κ3) is 3.83. The van der Waals surface area contributed by atoms with E-state index in [2.05, 4.69) is 15.4 Å². The van der Waals surface area contributed by atoms with Gasteiger partial charge in [0.05, 0.1) is 22.3 Å². The van der Waals surface area contributed by atoms with Crippen LogP contribution < -0.4 is 10.1 Å². The molecular weight excluding hydrogens is 368 g/mol. The topological polar surface area (TPSA) is 69.0 Å². The first-order valence-corrected chi connectivity index (χ1v) is 7.75. The van der Waals surface area contributed by atoms with Gasteiger partial charge in [-0.3, -0.25) is 9.48 Å². The summed E-state index contributed by atoms with van der Waals surface area (Å²) in [7, 11) is 1.46. The number of rotatable bonds is 4. The van der Waals surface area contributed by atoms with Crippen LogP contribution in [0.1, 0.15) is 11.3 Å². The molecule has 2 heterocycles. The first kappa shape index (κ1) is 18.6.